The number of nitrogens with one attached hydrogen (secondary N) is 1. The van der Waals surface area contributed by atoms with Gasteiger partial charge in [-0.3, -0.25) is 4.90 Å². The van der Waals surface area contributed by atoms with Crippen molar-refractivity contribution in [1.29, 1.82) is 0 Å². The second-order valence-electron chi connectivity index (χ2n) is 7.15. The van der Waals surface area contributed by atoms with E-state index < -0.39 is 0 Å². The molecule has 0 aliphatic carbocycles. The molecule has 0 spiro atoms. The molecule has 26 heavy (non-hydrogen) atoms. The van der Waals surface area contributed by atoms with Crippen molar-refractivity contribution in [1.82, 2.24) is 19.8 Å². The van der Waals surface area contributed by atoms with Crippen LogP contribution in [0.4, 0.5) is 0 Å². The molecule has 3 aromatic rings. The van der Waals surface area contributed by atoms with Crippen LogP contribution in [-0.2, 0) is 13.6 Å². The Bertz CT molecular complexity index is 866. The van der Waals surface area contributed by atoms with Gasteiger partial charge in [0.1, 0.15) is 5.82 Å². The average molecular weight is 346 g/mol. The van der Waals surface area contributed by atoms with Crippen molar-refractivity contribution in [3.05, 3.63) is 77.9 Å². The molecule has 0 bridgehead atoms. The minimum absolute atomic E-state index is 0.312. The molecule has 4 heteroatoms. The minimum atomic E-state index is 0.312. The molecule has 2 heterocycles. The zero-order valence-corrected chi connectivity index (χ0v) is 15.5. The van der Waals surface area contributed by atoms with Crippen LogP contribution in [0.1, 0.15) is 23.0 Å². The quantitative estimate of drug-likeness (QED) is 0.784. The molecule has 0 amide bonds. The Hall–Kier alpha value is -2.43. The van der Waals surface area contributed by atoms with E-state index in [0.29, 0.717) is 6.04 Å². The molecule has 1 N–H and O–H groups in total. The first kappa shape index (κ1) is 17.0. The van der Waals surface area contributed by atoms with Crippen LogP contribution in [0.25, 0.3) is 11.1 Å². The summed E-state index contributed by atoms with van der Waals surface area (Å²) in [4.78, 5) is 7.12. The van der Waals surface area contributed by atoms with Gasteiger partial charge in [-0.1, -0.05) is 48.0 Å². The smallest absolute Gasteiger partial charge is 0.127 e. The second-order valence-corrected chi connectivity index (χ2v) is 7.15. The monoisotopic (exact) mass is 346 g/mol. The highest BCUT2D eigenvalue weighted by Crippen LogP contribution is 2.25. The van der Waals surface area contributed by atoms with Crippen LogP contribution in [0.3, 0.4) is 0 Å². The first-order chi connectivity index (χ1) is 12.7. The van der Waals surface area contributed by atoms with Gasteiger partial charge in [0.2, 0.25) is 0 Å². The first-order valence-corrected chi connectivity index (χ1v) is 9.29. The van der Waals surface area contributed by atoms with E-state index in [4.69, 9.17) is 0 Å². The number of aromatic nitrogens is 2. The molecule has 1 fully saturated rings. The van der Waals surface area contributed by atoms with Gasteiger partial charge in [-0.15, -0.1) is 0 Å². The summed E-state index contributed by atoms with van der Waals surface area (Å²) in [6, 6.07) is 18.0. The molecular formula is C22H26N4. The molecule has 1 aromatic heterocycles. The SMILES string of the molecule is Cc1ccc(-c2cccc(CN3CCNCC3c3nccn3C)c2)cc1. The molecule has 0 radical (unpaired) electrons. The van der Waals surface area contributed by atoms with Crippen molar-refractivity contribution in [2.75, 3.05) is 19.6 Å². The van der Waals surface area contributed by atoms with Gasteiger partial charge in [0.25, 0.3) is 0 Å². The topological polar surface area (TPSA) is 33.1 Å². The van der Waals surface area contributed by atoms with Crippen LogP contribution >= 0.6 is 0 Å². The highest BCUT2D eigenvalue weighted by Gasteiger charge is 2.26. The number of nitrogens with zero attached hydrogens (tertiary/aromatic N) is 3. The maximum Gasteiger partial charge on any atom is 0.127 e. The minimum Gasteiger partial charge on any atom is -0.337 e. The zero-order chi connectivity index (χ0) is 17.9. The number of hydrogen-bond acceptors (Lipinski definition) is 3. The van der Waals surface area contributed by atoms with Gasteiger partial charge in [0.05, 0.1) is 6.04 Å². The third-order valence-corrected chi connectivity index (χ3v) is 5.21. The fourth-order valence-corrected chi connectivity index (χ4v) is 3.72. The summed E-state index contributed by atoms with van der Waals surface area (Å²) in [5.41, 5.74) is 5.21. The third kappa shape index (κ3) is 3.57. The lowest BCUT2D eigenvalue weighted by molar-refractivity contribution is 0.145. The Kier molecular flexibility index (Phi) is 4.87. The van der Waals surface area contributed by atoms with E-state index in [1.165, 1.54) is 22.3 Å². The largest absolute Gasteiger partial charge is 0.337 e. The fraction of sp³-hybridized carbons (Fsp3) is 0.318. The summed E-state index contributed by atoms with van der Waals surface area (Å²) in [6.45, 7) is 6.08. The zero-order valence-electron chi connectivity index (χ0n) is 15.5. The highest BCUT2D eigenvalue weighted by atomic mass is 15.3. The van der Waals surface area contributed by atoms with E-state index in [1.807, 2.05) is 12.4 Å². The van der Waals surface area contributed by atoms with Gasteiger partial charge in [0.15, 0.2) is 0 Å². The van der Waals surface area contributed by atoms with Crippen LogP contribution in [-0.4, -0.2) is 34.1 Å². The van der Waals surface area contributed by atoms with Crippen LogP contribution in [0.15, 0.2) is 60.9 Å². The van der Waals surface area contributed by atoms with Gasteiger partial charge in [-0.25, -0.2) is 4.98 Å². The van der Waals surface area contributed by atoms with Gasteiger partial charge < -0.3 is 9.88 Å². The third-order valence-electron chi connectivity index (χ3n) is 5.21. The average Bonchev–Trinajstić information content (AvgIpc) is 3.09. The van der Waals surface area contributed by atoms with Crippen molar-refractivity contribution in [3.8, 4) is 11.1 Å². The molecule has 0 saturated carbocycles. The van der Waals surface area contributed by atoms with E-state index in [1.54, 1.807) is 0 Å². The predicted octanol–water partition coefficient (Wildman–Crippen LogP) is 3.54. The molecule has 4 rings (SSSR count). The number of rotatable bonds is 4. The van der Waals surface area contributed by atoms with E-state index in [9.17, 15) is 0 Å². The van der Waals surface area contributed by atoms with Gasteiger partial charge in [-0.2, -0.15) is 0 Å². The maximum absolute atomic E-state index is 4.59. The lowest BCUT2D eigenvalue weighted by Gasteiger charge is -2.35. The number of benzene rings is 2. The summed E-state index contributed by atoms with van der Waals surface area (Å²) >= 11 is 0. The van der Waals surface area contributed by atoms with Crippen molar-refractivity contribution < 1.29 is 0 Å². The fourth-order valence-electron chi connectivity index (χ4n) is 3.72. The summed E-state index contributed by atoms with van der Waals surface area (Å²) in [7, 11) is 2.08. The Labute approximate surface area is 155 Å². The van der Waals surface area contributed by atoms with Crippen molar-refractivity contribution in [3.63, 3.8) is 0 Å². The normalized spacial score (nSPS) is 18.2. The number of imidazole rings is 1. The van der Waals surface area contributed by atoms with Crippen LogP contribution in [0.5, 0.6) is 0 Å². The van der Waals surface area contributed by atoms with Gasteiger partial charge in [0, 0.05) is 45.6 Å². The highest BCUT2D eigenvalue weighted by molar-refractivity contribution is 5.64. The number of hydrogen-bond donors (Lipinski definition) is 1. The summed E-state index contributed by atoms with van der Waals surface area (Å²) < 4.78 is 2.13. The Morgan fingerprint density at radius 1 is 1.12 bits per heavy atom. The van der Waals surface area contributed by atoms with E-state index in [0.717, 1.165) is 32.0 Å². The summed E-state index contributed by atoms with van der Waals surface area (Å²) in [5.74, 6) is 1.13. The van der Waals surface area contributed by atoms with Crippen molar-refractivity contribution in [2.24, 2.45) is 7.05 Å². The Morgan fingerprint density at radius 3 is 2.73 bits per heavy atom. The van der Waals surface area contributed by atoms with Crippen LogP contribution in [0.2, 0.25) is 0 Å². The van der Waals surface area contributed by atoms with E-state index >= 15 is 0 Å². The van der Waals surface area contributed by atoms with E-state index in [-0.39, 0.29) is 0 Å². The molecule has 1 aliphatic rings. The van der Waals surface area contributed by atoms with Crippen molar-refractivity contribution >= 4 is 0 Å². The second kappa shape index (κ2) is 7.44. The van der Waals surface area contributed by atoms with Gasteiger partial charge in [-0.05, 0) is 29.7 Å². The van der Waals surface area contributed by atoms with Crippen LogP contribution in [0, 0.1) is 6.92 Å². The predicted molar refractivity (Wildman–Crippen MR) is 106 cm³/mol. The Balaban J connectivity index is 1.57. The molecule has 2 aromatic carbocycles. The molecule has 4 nitrogen and oxygen atoms in total. The van der Waals surface area contributed by atoms with E-state index in [2.05, 4.69) is 82.3 Å². The lowest BCUT2D eigenvalue weighted by Crippen LogP contribution is -2.46. The molecular weight excluding hydrogens is 320 g/mol. The standard InChI is InChI=1S/C22H26N4/c1-17-6-8-19(9-7-17)20-5-3-4-18(14-20)16-26-13-10-23-15-21(26)22-24-11-12-25(22)2/h3-9,11-12,14,21,23H,10,13,15-16H2,1-2H3. The molecule has 1 unspecified atom stereocenters. The van der Waals surface area contributed by atoms with Crippen molar-refractivity contribution in [2.45, 2.75) is 19.5 Å². The number of aryl methyl sites for hydroxylation is 2. The molecule has 134 valence electrons. The number of piperazine rings is 1. The maximum atomic E-state index is 4.59. The molecule has 1 aliphatic heterocycles. The Morgan fingerprint density at radius 2 is 1.96 bits per heavy atom. The molecule has 1 atom stereocenters. The molecule has 1 saturated heterocycles. The summed E-state index contributed by atoms with van der Waals surface area (Å²) in [6.07, 6.45) is 3.92. The lowest BCUT2D eigenvalue weighted by atomic mass is 10.0. The first-order valence-electron chi connectivity index (χ1n) is 9.29. The van der Waals surface area contributed by atoms with Crippen LogP contribution < -0.4 is 5.32 Å². The summed E-state index contributed by atoms with van der Waals surface area (Å²) in [5, 5.41) is 3.51. The van der Waals surface area contributed by atoms with Gasteiger partial charge >= 0.3 is 0 Å².